The average molecular weight is 316 g/mol. The third kappa shape index (κ3) is 4.66. The molecule has 0 aliphatic carbocycles. The Hall–Kier alpha value is -2.14. The van der Waals surface area contributed by atoms with Gasteiger partial charge in [0, 0.05) is 31.1 Å². The number of rotatable bonds is 7. The second-order valence-electron chi connectivity index (χ2n) is 5.90. The second-order valence-corrected chi connectivity index (χ2v) is 5.90. The Kier molecular flexibility index (Phi) is 5.93. The molecule has 23 heavy (non-hydrogen) atoms. The number of amides is 1. The lowest BCUT2D eigenvalue weighted by Crippen LogP contribution is -2.38. The van der Waals surface area contributed by atoms with Crippen LogP contribution in [0.1, 0.15) is 31.9 Å². The van der Waals surface area contributed by atoms with E-state index in [0.717, 1.165) is 17.0 Å². The molecule has 2 rings (SSSR count). The summed E-state index contributed by atoms with van der Waals surface area (Å²) in [5.41, 5.74) is 1.81. The summed E-state index contributed by atoms with van der Waals surface area (Å²) in [7, 11) is 0. The van der Waals surface area contributed by atoms with Crippen molar-refractivity contribution in [3.63, 3.8) is 0 Å². The van der Waals surface area contributed by atoms with Gasteiger partial charge in [0.2, 0.25) is 5.91 Å². The Morgan fingerprint density at radius 1 is 1.30 bits per heavy atom. The molecule has 1 aromatic heterocycles. The van der Waals surface area contributed by atoms with Crippen molar-refractivity contribution in [1.82, 2.24) is 10.3 Å². The molecule has 0 spiro atoms. The quantitative estimate of drug-likeness (QED) is 0.823. The number of hydrogen-bond donors (Lipinski definition) is 2. The molecular formula is C18H24N2O3. The van der Waals surface area contributed by atoms with Crippen molar-refractivity contribution >= 4 is 5.91 Å². The smallest absolute Gasteiger partial charge is 0.220 e. The topological polar surface area (TPSA) is 75.4 Å². The lowest BCUT2D eigenvalue weighted by molar-refractivity contribution is -0.122. The van der Waals surface area contributed by atoms with Crippen molar-refractivity contribution in [2.75, 3.05) is 6.61 Å². The Bertz CT molecular complexity index is 637. The number of nitrogens with zero attached hydrogens (tertiary/aromatic N) is 1. The molecule has 0 saturated heterocycles. The minimum absolute atomic E-state index is 0.0348. The molecule has 0 bridgehead atoms. The van der Waals surface area contributed by atoms with Crippen molar-refractivity contribution in [3.05, 3.63) is 41.9 Å². The van der Waals surface area contributed by atoms with Gasteiger partial charge in [-0.05, 0) is 19.8 Å². The van der Waals surface area contributed by atoms with Crippen LogP contribution in [0, 0.1) is 12.8 Å². The van der Waals surface area contributed by atoms with Gasteiger partial charge in [-0.3, -0.25) is 4.79 Å². The van der Waals surface area contributed by atoms with Gasteiger partial charge in [-0.25, -0.2) is 4.98 Å². The maximum absolute atomic E-state index is 11.9. The summed E-state index contributed by atoms with van der Waals surface area (Å²) in [6, 6.07) is 9.75. The third-order valence-corrected chi connectivity index (χ3v) is 3.97. The molecule has 5 nitrogen and oxygen atoms in total. The Morgan fingerprint density at radius 2 is 2.00 bits per heavy atom. The average Bonchev–Trinajstić information content (AvgIpc) is 2.93. The number of aliphatic hydroxyl groups is 1. The van der Waals surface area contributed by atoms with Crippen LogP contribution in [-0.2, 0) is 11.2 Å². The summed E-state index contributed by atoms with van der Waals surface area (Å²) in [5, 5.41) is 12.0. The molecule has 2 atom stereocenters. The molecule has 0 saturated carbocycles. The predicted molar refractivity (Wildman–Crippen MR) is 88.9 cm³/mol. The number of aromatic nitrogens is 1. The number of carbonyl (C=O) groups excluding carboxylic acids is 1. The fourth-order valence-electron chi connectivity index (χ4n) is 2.26. The van der Waals surface area contributed by atoms with E-state index in [2.05, 4.69) is 10.3 Å². The fraction of sp³-hybridized carbons (Fsp3) is 0.444. The standard InChI is InChI=1S/C18H24N2O3/c1-12(11-21)13(2)19-16(22)9-10-17-20-14(3)18(23-17)15-7-5-4-6-8-15/h4-8,12-13,21H,9-11H2,1-3H3,(H,19,22). The van der Waals surface area contributed by atoms with Gasteiger partial charge in [-0.2, -0.15) is 0 Å². The molecule has 0 radical (unpaired) electrons. The minimum Gasteiger partial charge on any atom is -0.440 e. The van der Waals surface area contributed by atoms with E-state index in [9.17, 15) is 4.79 Å². The van der Waals surface area contributed by atoms with E-state index in [1.165, 1.54) is 0 Å². The highest BCUT2D eigenvalue weighted by Crippen LogP contribution is 2.24. The van der Waals surface area contributed by atoms with Crippen LogP contribution < -0.4 is 5.32 Å². The van der Waals surface area contributed by atoms with Gasteiger partial charge in [0.05, 0.1) is 5.69 Å². The summed E-state index contributed by atoms with van der Waals surface area (Å²) in [5.74, 6) is 1.30. The van der Waals surface area contributed by atoms with Gasteiger partial charge in [-0.1, -0.05) is 37.3 Å². The molecular weight excluding hydrogens is 292 g/mol. The van der Waals surface area contributed by atoms with Crippen LogP contribution in [0.3, 0.4) is 0 Å². The predicted octanol–water partition coefficient (Wildman–Crippen LogP) is 2.72. The lowest BCUT2D eigenvalue weighted by atomic mass is 10.1. The van der Waals surface area contributed by atoms with E-state index < -0.39 is 0 Å². The first-order valence-electron chi connectivity index (χ1n) is 7.93. The molecule has 0 aliphatic rings. The summed E-state index contributed by atoms with van der Waals surface area (Å²) < 4.78 is 5.79. The van der Waals surface area contributed by atoms with E-state index >= 15 is 0 Å². The van der Waals surface area contributed by atoms with E-state index in [0.29, 0.717) is 18.7 Å². The highest BCUT2D eigenvalue weighted by atomic mass is 16.4. The molecule has 2 N–H and O–H groups in total. The van der Waals surface area contributed by atoms with Crippen molar-refractivity contribution in [2.45, 2.75) is 39.7 Å². The summed E-state index contributed by atoms with van der Waals surface area (Å²) >= 11 is 0. The van der Waals surface area contributed by atoms with Gasteiger partial charge in [-0.15, -0.1) is 0 Å². The van der Waals surface area contributed by atoms with E-state index in [4.69, 9.17) is 9.52 Å². The van der Waals surface area contributed by atoms with E-state index in [1.54, 1.807) is 0 Å². The van der Waals surface area contributed by atoms with E-state index in [-0.39, 0.29) is 24.5 Å². The van der Waals surface area contributed by atoms with Gasteiger partial charge in [0.15, 0.2) is 11.7 Å². The normalized spacial score (nSPS) is 13.6. The molecule has 0 aliphatic heterocycles. The molecule has 1 amide bonds. The maximum atomic E-state index is 11.9. The highest BCUT2D eigenvalue weighted by molar-refractivity contribution is 5.76. The number of nitrogens with one attached hydrogen (secondary N) is 1. The van der Waals surface area contributed by atoms with Crippen LogP contribution >= 0.6 is 0 Å². The molecule has 0 fully saturated rings. The second kappa shape index (κ2) is 7.92. The highest BCUT2D eigenvalue weighted by Gasteiger charge is 2.16. The van der Waals surface area contributed by atoms with Gasteiger partial charge in [0.1, 0.15) is 0 Å². The van der Waals surface area contributed by atoms with Crippen molar-refractivity contribution < 1.29 is 14.3 Å². The number of benzene rings is 1. The zero-order valence-corrected chi connectivity index (χ0v) is 13.9. The SMILES string of the molecule is Cc1nc(CCC(=O)NC(C)C(C)CO)oc1-c1ccccc1. The molecule has 2 aromatic rings. The Labute approximate surface area is 136 Å². The number of carbonyl (C=O) groups is 1. The van der Waals surface area contributed by atoms with E-state index in [1.807, 2.05) is 51.1 Å². The van der Waals surface area contributed by atoms with Crippen LogP contribution in [-0.4, -0.2) is 28.6 Å². The number of aliphatic hydroxyl groups excluding tert-OH is 1. The lowest BCUT2D eigenvalue weighted by Gasteiger charge is -2.18. The Morgan fingerprint density at radius 3 is 2.65 bits per heavy atom. The first-order chi connectivity index (χ1) is 11.0. The van der Waals surface area contributed by atoms with Crippen LogP contribution in [0.25, 0.3) is 11.3 Å². The van der Waals surface area contributed by atoms with Crippen LogP contribution in [0.15, 0.2) is 34.7 Å². The maximum Gasteiger partial charge on any atom is 0.220 e. The molecule has 1 heterocycles. The number of oxazole rings is 1. The molecule has 2 unspecified atom stereocenters. The van der Waals surface area contributed by atoms with Crippen LogP contribution in [0.2, 0.25) is 0 Å². The third-order valence-electron chi connectivity index (χ3n) is 3.97. The Balaban J connectivity index is 1.93. The van der Waals surface area contributed by atoms with Crippen LogP contribution in [0.5, 0.6) is 0 Å². The van der Waals surface area contributed by atoms with Crippen molar-refractivity contribution in [3.8, 4) is 11.3 Å². The van der Waals surface area contributed by atoms with Gasteiger partial charge in [0.25, 0.3) is 0 Å². The summed E-state index contributed by atoms with van der Waals surface area (Å²) in [6.45, 7) is 5.75. The summed E-state index contributed by atoms with van der Waals surface area (Å²) in [6.07, 6.45) is 0.774. The van der Waals surface area contributed by atoms with Gasteiger partial charge >= 0.3 is 0 Å². The minimum atomic E-state index is -0.0603. The largest absolute Gasteiger partial charge is 0.440 e. The first kappa shape index (κ1) is 17.2. The molecule has 5 heteroatoms. The zero-order valence-electron chi connectivity index (χ0n) is 13.9. The zero-order chi connectivity index (χ0) is 16.8. The monoisotopic (exact) mass is 316 g/mol. The van der Waals surface area contributed by atoms with Crippen LogP contribution in [0.4, 0.5) is 0 Å². The van der Waals surface area contributed by atoms with Crippen molar-refractivity contribution in [1.29, 1.82) is 0 Å². The fourth-order valence-corrected chi connectivity index (χ4v) is 2.26. The molecule has 124 valence electrons. The number of aryl methyl sites for hydroxylation is 2. The van der Waals surface area contributed by atoms with Gasteiger partial charge < -0.3 is 14.8 Å². The number of hydrogen-bond acceptors (Lipinski definition) is 4. The van der Waals surface area contributed by atoms with Crippen molar-refractivity contribution in [2.24, 2.45) is 5.92 Å². The first-order valence-corrected chi connectivity index (χ1v) is 7.93. The summed E-state index contributed by atoms with van der Waals surface area (Å²) in [4.78, 5) is 16.3. The molecule has 1 aromatic carbocycles.